The van der Waals surface area contributed by atoms with Crippen molar-refractivity contribution in [2.24, 2.45) is 18.4 Å². The summed E-state index contributed by atoms with van der Waals surface area (Å²) in [4.78, 5) is 40.3. The fourth-order valence-electron chi connectivity index (χ4n) is 5.84. The van der Waals surface area contributed by atoms with Crippen molar-refractivity contribution in [1.82, 2.24) is 29.6 Å². The third-order valence-electron chi connectivity index (χ3n) is 7.98. The zero-order valence-electron chi connectivity index (χ0n) is 20.8. The van der Waals surface area contributed by atoms with Gasteiger partial charge in [-0.2, -0.15) is 5.10 Å². The van der Waals surface area contributed by atoms with Gasteiger partial charge in [-0.1, -0.05) is 0 Å². The molecule has 1 aromatic carbocycles. The Morgan fingerprint density at radius 2 is 1.81 bits per heavy atom. The summed E-state index contributed by atoms with van der Waals surface area (Å²) < 4.78 is 1.77. The normalized spacial score (nSPS) is 18.8. The van der Waals surface area contributed by atoms with Crippen LogP contribution in [0.15, 0.2) is 61.6 Å². The van der Waals surface area contributed by atoms with E-state index in [1.54, 1.807) is 17.1 Å². The van der Waals surface area contributed by atoms with Crippen LogP contribution in [0, 0.1) is 11.3 Å². The Bertz CT molecular complexity index is 1460. The molecule has 3 aromatic heterocycles. The van der Waals surface area contributed by atoms with Crippen molar-refractivity contribution in [2.45, 2.75) is 32.1 Å². The zero-order chi connectivity index (χ0) is 25.4. The minimum Gasteiger partial charge on any atom is -0.339 e. The van der Waals surface area contributed by atoms with Gasteiger partial charge in [0, 0.05) is 73.0 Å². The molecule has 0 bridgehead atoms. The van der Waals surface area contributed by atoms with Gasteiger partial charge in [0.2, 0.25) is 5.91 Å². The van der Waals surface area contributed by atoms with Gasteiger partial charge in [-0.3, -0.25) is 19.3 Å². The molecular formula is C28H29N7O2. The van der Waals surface area contributed by atoms with Crippen LogP contribution in [-0.4, -0.2) is 54.5 Å². The summed E-state index contributed by atoms with van der Waals surface area (Å²) >= 11 is 0. The summed E-state index contributed by atoms with van der Waals surface area (Å²) in [7, 11) is 1.89. The maximum absolute atomic E-state index is 13.2. The molecule has 9 nitrogen and oxygen atoms in total. The summed E-state index contributed by atoms with van der Waals surface area (Å²) in [6, 6.07) is 7.93. The van der Waals surface area contributed by atoms with E-state index in [2.05, 4.69) is 31.4 Å². The molecule has 1 saturated heterocycles. The van der Waals surface area contributed by atoms with Crippen LogP contribution in [0.25, 0.3) is 22.0 Å². The van der Waals surface area contributed by atoms with Gasteiger partial charge in [0.1, 0.15) is 6.33 Å². The van der Waals surface area contributed by atoms with Crippen LogP contribution in [0.3, 0.4) is 0 Å². The standard InChI is InChI=1S/C28H29N7O2/c1-34-17-23(16-32-34)21-10-20-11-24(2-3-25(20)31-15-21)33-26(36)19-4-5-28(12-19)6-8-35(9-7-28)27(37)22-13-29-18-30-14-22/h2-3,10-11,13-19H,4-9,12H2,1H3,(H,33,36). The highest BCUT2D eigenvalue weighted by Gasteiger charge is 2.44. The molecular weight excluding hydrogens is 466 g/mol. The first-order valence-corrected chi connectivity index (χ1v) is 12.7. The lowest BCUT2D eigenvalue weighted by molar-refractivity contribution is -0.120. The van der Waals surface area contributed by atoms with Crippen LogP contribution in [0.1, 0.15) is 42.5 Å². The Morgan fingerprint density at radius 1 is 1.00 bits per heavy atom. The van der Waals surface area contributed by atoms with Gasteiger partial charge in [-0.25, -0.2) is 9.97 Å². The van der Waals surface area contributed by atoms with Crippen molar-refractivity contribution in [1.29, 1.82) is 0 Å². The van der Waals surface area contributed by atoms with Crippen molar-refractivity contribution in [3.8, 4) is 11.1 Å². The van der Waals surface area contributed by atoms with Crippen molar-refractivity contribution in [2.75, 3.05) is 18.4 Å². The number of amides is 2. The molecule has 2 aliphatic rings. The Morgan fingerprint density at radius 3 is 2.57 bits per heavy atom. The van der Waals surface area contributed by atoms with Gasteiger partial charge < -0.3 is 10.2 Å². The topological polar surface area (TPSA) is 106 Å². The summed E-state index contributed by atoms with van der Waals surface area (Å²) in [6.45, 7) is 1.41. The highest BCUT2D eigenvalue weighted by molar-refractivity contribution is 5.96. The summed E-state index contributed by atoms with van der Waals surface area (Å²) in [6.07, 6.45) is 14.8. The van der Waals surface area contributed by atoms with Gasteiger partial charge >= 0.3 is 0 Å². The minimum atomic E-state index is -0.0137. The van der Waals surface area contributed by atoms with E-state index in [1.165, 1.54) is 6.33 Å². The molecule has 1 unspecified atom stereocenters. The van der Waals surface area contributed by atoms with Crippen molar-refractivity contribution >= 4 is 28.4 Å². The van der Waals surface area contributed by atoms with Crippen LogP contribution in [0.5, 0.6) is 0 Å². The number of nitrogens with one attached hydrogen (secondary N) is 1. The fraction of sp³-hybridized carbons (Fsp3) is 0.357. The average molecular weight is 496 g/mol. The summed E-state index contributed by atoms with van der Waals surface area (Å²) in [5.74, 6) is 0.0491. The maximum Gasteiger partial charge on any atom is 0.256 e. The molecule has 1 aliphatic heterocycles. The predicted octanol–water partition coefficient (Wildman–Crippen LogP) is 4.09. The molecule has 9 heteroatoms. The fourth-order valence-corrected chi connectivity index (χ4v) is 5.84. The SMILES string of the molecule is Cn1cc(-c2cnc3ccc(NC(=O)C4CCC5(CCN(C(=O)c6cncnc6)CC5)C4)cc3c2)cn1. The summed E-state index contributed by atoms with van der Waals surface area (Å²) in [5, 5.41) is 8.37. The number of hydrogen-bond donors (Lipinski definition) is 1. The number of aryl methyl sites for hydroxylation is 1. The van der Waals surface area contributed by atoms with Gasteiger partial charge in [0.15, 0.2) is 0 Å². The molecule has 4 heterocycles. The minimum absolute atomic E-state index is 0.0136. The highest BCUT2D eigenvalue weighted by atomic mass is 16.2. The van der Waals surface area contributed by atoms with E-state index >= 15 is 0 Å². The Balaban J connectivity index is 1.09. The van der Waals surface area contributed by atoms with E-state index in [-0.39, 0.29) is 23.1 Å². The average Bonchev–Trinajstić information content (AvgIpc) is 3.55. The van der Waals surface area contributed by atoms with E-state index in [1.807, 2.05) is 48.7 Å². The number of nitrogens with zero attached hydrogens (tertiary/aromatic N) is 6. The number of rotatable bonds is 4. The molecule has 2 amide bonds. The number of likely N-dealkylation sites (tertiary alicyclic amines) is 1. The Hall–Kier alpha value is -4.14. The van der Waals surface area contributed by atoms with Gasteiger partial charge in [0.05, 0.1) is 17.3 Å². The van der Waals surface area contributed by atoms with Gasteiger partial charge in [0.25, 0.3) is 5.91 Å². The Kier molecular flexibility index (Phi) is 5.90. The van der Waals surface area contributed by atoms with Crippen LogP contribution < -0.4 is 5.32 Å². The lowest BCUT2D eigenvalue weighted by Crippen LogP contribution is -2.42. The first kappa shape index (κ1) is 23.3. The van der Waals surface area contributed by atoms with Crippen LogP contribution in [0.4, 0.5) is 5.69 Å². The van der Waals surface area contributed by atoms with E-state index < -0.39 is 0 Å². The number of piperidine rings is 1. The predicted molar refractivity (Wildman–Crippen MR) is 140 cm³/mol. The van der Waals surface area contributed by atoms with E-state index in [9.17, 15) is 9.59 Å². The second kappa shape index (κ2) is 9.38. The van der Waals surface area contributed by atoms with Crippen LogP contribution in [0.2, 0.25) is 0 Å². The molecule has 1 N–H and O–H groups in total. The lowest BCUT2D eigenvalue weighted by Gasteiger charge is -2.39. The molecule has 37 heavy (non-hydrogen) atoms. The zero-order valence-corrected chi connectivity index (χ0v) is 20.8. The number of hydrogen-bond acceptors (Lipinski definition) is 6. The molecule has 188 valence electrons. The molecule has 6 rings (SSSR count). The molecule has 2 fully saturated rings. The molecule has 1 aliphatic carbocycles. The van der Waals surface area contributed by atoms with Crippen molar-refractivity contribution < 1.29 is 9.59 Å². The quantitative estimate of drug-likeness (QED) is 0.457. The number of carbonyl (C=O) groups is 2. The lowest BCUT2D eigenvalue weighted by atomic mass is 9.76. The number of benzene rings is 1. The van der Waals surface area contributed by atoms with Crippen molar-refractivity contribution in [3.05, 3.63) is 67.1 Å². The molecule has 1 spiro atoms. The maximum atomic E-state index is 13.2. The third kappa shape index (κ3) is 4.69. The smallest absolute Gasteiger partial charge is 0.256 e. The number of aromatic nitrogens is 5. The first-order valence-electron chi connectivity index (χ1n) is 12.7. The Labute approximate surface area is 214 Å². The number of pyridine rings is 1. The second-order valence-electron chi connectivity index (χ2n) is 10.4. The molecule has 0 radical (unpaired) electrons. The van der Waals surface area contributed by atoms with E-state index in [0.717, 1.165) is 59.8 Å². The van der Waals surface area contributed by atoms with E-state index in [0.29, 0.717) is 18.7 Å². The molecule has 1 atom stereocenters. The van der Waals surface area contributed by atoms with Crippen LogP contribution in [-0.2, 0) is 11.8 Å². The largest absolute Gasteiger partial charge is 0.339 e. The highest BCUT2D eigenvalue weighted by Crippen LogP contribution is 2.49. The summed E-state index contributed by atoms with van der Waals surface area (Å²) in [5.41, 5.74) is 4.33. The number of anilines is 1. The second-order valence-corrected chi connectivity index (χ2v) is 10.4. The monoisotopic (exact) mass is 495 g/mol. The first-order chi connectivity index (χ1) is 18.0. The van der Waals surface area contributed by atoms with Crippen LogP contribution >= 0.6 is 0 Å². The molecule has 4 aromatic rings. The van der Waals surface area contributed by atoms with Gasteiger partial charge in [-0.15, -0.1) is 0 Å². The third-order valence-corrected chi connectivity index (χ3v) is 7.98. The van der Waals surface area contributed by atoms with Crippen molar-refractivity contribution in [3.63, 3.8) is 0 Å². The number of fused-ring (bicyclic) bond motifs is 1. The molecule has 1 saturated carbocycles. The van der Waals surface area contributed by atoms with Gasteiger partial charge in [-0.05, 0) is 61.8 Å². The number of carbonyl (C=O) groups excluding carboxylic acids is 2. The van der Waals surface area contributed by atoms with E-state index in [4.69, 9.17) is 0 Å².